The zero-order valence-corrected chi connectivity index (χ0v) is 13.0. The standard InChI is InChI=1S/C13H21N7S/c1-19-12-11(8-17-19)13(16-9-15-12)20-6-3-10(4-7-20)2-5-18-21-14/h8-10,18H,2-7,14H2,1H3. The fourth-order valence-corrected chi connectivity index (χ4v) is 3.19. The van der Waals surface area contributed by atoms with E-state index < -0.39 is 0 Å². The van der Waals surface area contributed by atoms with Gasteiger partial charge < -0.3 is 4.90 Å². The number of fused-ring (bicyclic) bond motifs is 1. The summed E-state index contributed by atoms with van der Waals surface area (Å²) in [5.74, 6) is 1.79. The molecule has 0 saturated carbocycles. The molecule has 1 fully saturated rings. The van der Waals surface area contributed by atoms with E-state index in [1.165, 1.54) is 31.4 Å². The molecule has 0 spiro atoms. The van der Waals surface area contributed by atoms with Crippen LogP contribution in [0, 0.1) is 5.92 Å². The molecule has 1 saturated heterocycles. The normalized spacial score (nSPS) is 16.8. The summed E-state index contributed by atoms with van der Waals surface area (Å²) >= 11 is 1.20. The number of nitrogens with one attached hydrogen (secondary N) is 1. The Morgan fingerprint density at radius 3 is 2.95 bits per heavy atom. The maximum Gasteiger partial charge on any atom is 0.163 e. The molecule has 0 unspecified atom stereocenters. The lowest BCUT2D eigenvalue weighted by molar-refractivity contribution is 0.382. The minimum Gasteiger partial charge on any atom is -0.356 e. The summed E-state index contributed by atoms with van der Waals surface area (Å²) in [7, 11) is 1.91. The van der Waals surface area contributed by atoms with Gasteiger partial charge in [0, 0.05) is 38.8 Å². The molecule has 2 aromatic rings. The number of hydrogen-bond acceptors (Lipinski definition) is 7. The summed E-state index contributed by atoms with van der Waals surface area (Å²) in [5, 5.41) is 10.7. The number of piperidine rings is 1. The lowest BCUT2D eigenvalue weighted by Crippen LogP contribution is -2.35. The van der Waals surface area contributed by atoms with E-state index in [-0.39, 0.29) is 0 Å². The highest BCUT2D eigenvalue weighted by molar-refractivity contribution is 7.95. The van der Waals surface area contributed by atoms with Crippen LogP contribution in [0.3, 0.4) is 0 Å². The maximum absolute atomic E-state index is 5.37. The maximum atomic E-state index is 5.37. The minimum absolute atomic E-state index is 0.770. The molecule has 3 rings (SSSR count). The van der Waals surface area contributed by atoms with Crippen molar-refractivity contribution < 1.29 is 0 Å². The van der Waals surface area contributed by atoms with Crippen molar-refractivity contribution in [3.8, 4) is 0 Å². The fraction of sp³-hybridized carbons (Fsp3) is 0.615. The Labute approximate surface area is 128 Å². The molecular weight excluding hydrogens is 286 g/mol. The van der Waals surface area contributed by atoms with Crippen molar-refractivity contribution in [2.75, 3.05) is 24.5 Å². The Kier molecular flexibility index (Phi) is 4.57. The first-order valence-electron chi connectivity index (χ1n) is 7.26. The summed E-state index contributed by atoms with van der Waals surface area (Å²) in [6.45, 7) is 3.06. The van der Waals surface area contributed by atoms with E-state index in [2.05, 4.69) is 24.7 Å². The van der Waals surface area contributed by atoms with E-state index >= 15 is 0 Å². The van der Waals surface area contributed by atoms with Gasteiger partial charge in [0.25, 0.3) is 0 Å². The topological polar surface area (TPSA) is 84.9 Å². The van der Waals surface area contributed by atoms with Crippen LogP contribution >= 0.6 is 12.1 Å². The van der Waals surface area contributed by atoms with Crippen molar-refractivity contribution in [2.45, 2.75) is 19.3 Å². The fourth-order valence-electron chi connectivity index (χ4n) is 2.96. The monoisotopic (exact) mass is 307 g/mol. The van der Waals surface area contributed by atoms with Gasteiger partial charge >= 0.3 is 0 Å². The highest BCUT2D eigenvalue weighted by atomic mass is 32.2. The van der Waals surface area contributed by atoms with E-state index in [1.807, 2.05) is 13.2 Å². The molecular formula is C13H21N7S. The zero-order chi connectivity index (χ0) is 14.7. The van der Waals surface area contributed by atoms with Crippen molar-refractivity contribution in [1.82, 2.24) is 24.5 Å². The average Bonchev–Trinajstić information content (AvgIpc) is 2.90. The van der Waals surface area contributed by atoms with Gasteiger partial charge in [0.2, 0.25) is 0 Å². The second-order valence-corrected chi connectivity index (χ2v) is 5.96. The van der Waals surface area contributed by atoms with Gasteiger partial charge in [-0.05, 0) is 25.2 Å². The SMILES string of the molecule is Cn1ncc2c(N3CCC(CCNSN)CC3)ncnc21. The number of hydrogen-bond donors (Lipinski definition) is 2. The molecule has 114 valence electrons. The van der Waals surface area contributed by atoms with Gasteiger partial charge in [-0.25, -0.2) is 9.97 Å². The van der Waals surface area contributed by atoms with E-state index in [9.17, 15) is 0 Å². The summed E-state index contributed by atoms with van der Waals surface area (Å²) in [4.78, 5) is 11.1. The molecule has 0 aliphatic carbocycles. The van der Waals surface area contributed by atoms with Gasteiger partial charge in [0.15, 0.2) is 5.65 Å². The molecule has 8 heteroatoms. The third-order valence-electron chi connectivity index (χ3n) is 4.16. The van der Waals surface area contributed by atoms with Crippen molar-refractivity contribution in [3.05, 3.63) is 12.5 Å². The number of nitrogens with two attached hydrogens (primary N) is 1. The number of nitrogens with zero attached hydrogens (tertiary/aromatic N) is 5. The average molecular weight is 307 g/mol. The quantitative estimate of drug-likeness (QED) is 0.631. The highest BCUT2D eigenvalue weighted by Gasteiger charge is 2.22. The van der Waals surface area contributed by atoms with Crippen LogP contribution in [0.1, 0.15) is 19.3 Å². The third-order valence-corrected chi connectivity index (χ3v) is 4.53. The van der Waals surface area contributed by atoms with Crippen LogP contribution in [-0.2, 0) is 7.05 Å². The van der Waals surface area contributed by atoms with Gasteiger partial charge in [0.1, 0.15) is 12.1 Å². The van der Waals surface area contributed by atoms with E-state index in [0.717, 1.165) is 42.4 Å². The van der Waals surface area contributed by atoms with Crippen molar-refractivity contribution in [1.29, 1.82) is 0 Å². The summed E-state index contributed by atoms with van der Waals surface area (Å²) in [6, 6.07) is 0. The minimum atomic E-state index is 0.770. The molecule has 7 nitrogen and oxygen atoms in total. The molecule has 1 aliphatic rings. The molecule has 1 aliphatic heterocycles. The van der Waals surface area contributed by atoms with Gasteiger partial charge in [0.05, 0.1) is 11.6 Å². The van der Waals surface area contributed by atoms with Crippen LogP contribution in [0.25, 0.3) is 11.0 Å². The molecule has 3 heterocycles. The van der Waals surface area contributed by atoms with Crippen molar-refractivity contribution in [3.63, 3.8) is 0 Å². The molecule has 0 radical (unpaired) electrons. The Hall–Kier alpha value is -1.38. The molecule has 2 aromatic heterocycles. The molecule has 0 bridgehead atoms. The summed E-state index contributed by atoms with van der Waals surface area (Å²) < 4.78 is 4.91. The third kappa shape index (κ3) is 3.12. The Morgan fingerprint density at radius 2 is 2.19 bits per heavy atom. The smallest absolute Gasteiger partial charge is 0.163 e. The van der Waals surface area contributed by atoms with Crippen molar-refractivity contribution in [2.24, 2.45) is 18.1 Å². The highest BCUT2D eigenvalue weighted by Crippen LogP contribution is 2.27. The van der Waals surface area contributed by atoms with E-state index in [1.54, 1.807) is 11.0 Å². The summed E-state index contributed by atoms with van der Waals surface area (Å²) in [6.07, 6.45) is 7.07. The lowest BCUT2D eigenvalue weighted by Gasteiger charge is -2.33. The van der Waals surface area contributed by atoms with Crippen molar-refractivity contribution >= 4 is 29.0 Å². The Bertz CT molecular complexity index is 591. The number of rotatable bonds is 5. The number of aromatic nitrogens is 4. The first kappa shape index (κ1) is 14.6. The molecule has 21 heavy (non-hydrogen) atoms. The molecule has 3 N–H and O–H groups in total. The predicted octanol–water partition coefficient (Wildman–Crippen LogP) is 1.08. The second kappa shape index (κ2) is 6.59. The summed E-state index contributed by atoms with van der Waals surface area (Å²) in [5.41, 5.74) is 0.895. The molecule has 0 amide bonds. The van der Waals surface area contributed by atoms with Crippen LogP contribution in [0.5, 0.6) is 0 Å². The Balaban J connectivity index is 1.66. The van der Waals surface area contributed by atoms with E-state index in [4.69, 9.17) is 5.14 Å². The Morgan fingerprint density at radius 1 is 1.38 bits per heavy atom. The number of anilines is 1. The van der Waals surface area contributed by atoms with E-state index in [0.29, 0.717) is 0 Å². The lowest BCUT2D eigenvalue weighted by atomic mass is 9.93. The van der Waals surface area contributed by atoms with Crippen LogP contribution in [-0.4, -0.2) is 39.4 Å². The largest absolute Gasteiger partial charge is 0.356 e. The molecule has 0 atom stereocenters. The second-order valence-electron chi connectivity index (χ2n) is 5.43. The first-order valence-corrected chi connectivity index (χ1v) is 8.14. The van der Waals surface area contributed by atoms with Gasteiger partial charge in [-0.3, -0.25) is 14.5 Å². The first-order chi connectivity index (χ1) is 10.3. The number of aryl methyl sites for hydroxylation is 1. The molecule has 0 aromatic carbocycles. The zero-order valence-electron chi connectivity index (χ0n) is 12.2. The van der Waals surface area contributed by atoms with Crippen LogP contribution in [0.2, 0.25) is 0 Å². The van der Waals surface area contributed by atoms with Gasteiger partial charge in [-0.1, -0.05) is 0 Å². The van der Waals surface area contributed by atoms with Gasteiger partial charge in [-0.2, -0.15) is 5.10 Å². The van der Waals surface area contributed by atoms with Crippen LogP contribution in [0.15, 0.2) is 12.5 Å². The predicted molar refractivity (Wildman–Crippen MR) is 85.6 cm³/mol. The van der Waals surface area contributed by atoms with Crippen LogP contribution in [0.4, 0.5) is 5.82 Å². The van der Waals surface area contributed by atoms with Crippen LogP contribution < -0.4 is 14.8 Å². The van der Waals surface area contributed by atoms with Gasteiger partial charge in [-0.15, -0.1) is 0 Å².